The Morgan fingerprint density at radius 3 is 2.80 bits per heavy atom. The number of primary amides is 1. The largest absolute Gasteiger partial charge is 0.463 e. The van der Waals surface area contributed by atoms with Gasteiger partial charge in [0.15, 0.2) is 5.69 Å². The zero-order valence-corrected chi connectivity index (χ0v) is 13.2. The quantitative estimate of drug-likeness (QED) is 0.539. The molecule has 2 heterocycles. The summed E-state index contributed by atoms with van der Waals surface area (Å²) in [5.74, 6) is 3.88. The topological polar surface area (TPSA) is 129 Å². The van der Waals surface area contributed by atoms with E-state index in [4.69, 9.17) is 16.2 Å². The molecule has 1 aliphatic heterocycles. The van der Waals surface area contributed by atoms with Crippen LogP contribution in [0.5, 0.6) is 0 Å². The monoisotopic (exact) mass is 337 g/mol. The van der Waals surface area contributed by atoms with E-state index in [1.165, 1.54) is 0 Å². The first-order valence-electron chi connectivity index (χ1n) is 7.48. The molecule has 1 aromatic heterocycles. The van der Waals surface area contributed by atoms with E-state index in [0.29, 0.717) is 16.8 Å². The minimum absolute atomic E-state index is 0.00278. The Morgan fingerprint density at radius 1 is 1.32 bits per heavy atom. The third kappa shape index (κ3) is 3.29. The smallest absolute Gasteiger partial charge is 0.351 e. The summed E-state index contributed by atoms with van der Waals surface area (Å²) in [4.78, 5) is 27.0. The molecule has 1 amide bonds. The van der Waals surface area contributed by atoms with Gasteiger partial charge in [-0.3, -0.25) is 4.79 Å². The molecule has 1 aliphatic rings. The minimum Gasteiger partial charge on any atom is -0.463 e. The summed E-state index contributed by atoms with van der Waals surface area (Å²) in [7, 11) is 0. The van der Waals surface area contributed by atoms with Crippen LogP contribution in [0.3, 0.4) is 0 Å². The molecule has 1 saturated heterocycles. The van der Waals surface area contributed by atoms with Crippen molar-refractivity contribution in [2.75, 3.05) is 12.3 Å². The number of carbonyl (C=O) groups excluding carboxylic acids is 2. The van der Waals surface area contributed by atoms with Gasteiger partial charge in [-0.05, 0) is 24.3 Å². The van der Waals surface area contributed by atoms with Crippen molar-refractivity contribution in [3.05, 3.63) is 47.7 Å². The van der Waals surface area contributed by atoms with E-state index in [1.54, 1.807) is 36.4 Å². The van der Waals surface area contributed by atoms with Crippen molar-refractivity contribution in [1.82, 2.24) is 4.98 Å². The molecular weight excluding hydrogens is 322 g/mol. The lowest BCUT2D eigenvalue weighted by Gasteiger charge is -2.08. The summed E-state index contributed by atoms with van der Waals surface area (Å²) < 4.78 is 4.74. The summed E-state index contributed by atoms with van der Waals surface area (Å²) in [5, 5.41) is 10.1. The number of carbonyl (C=O) groups is 2. The Kier molecular flexibility index (Phi) is 4.13. The second-order valence-electron chi connectivity index (χ2n) is 5.58. The van der Waals surface area contributed by atoms with Crippen molar-refractivity contribution >= 4 is 17.6 Å². The zero-order chi connectivity index (χ0) is 18.0. The van der Waals surface area contributed by atoms with Crippen LogP contribution in [-0.4, -0.2) is 34.2 Å². The van der Waals surface area contributed by atoms with E-state index in [0.717, 1.165) is 0 Å². The molecule has 126 valence electrons. The maximum Gasteiger partial charge on any atom is 0.351 e. The predicted molar refractivity (Wildman–Crippen MR) is 90.0 cm³/mol. The normalized spacial score (nSPS) is 19.0. The molecule has 5 N–H and O–H groups in total. The van der Waals surface area contributed by atoms with Crippen molar-refractivity contribution in [1.29, 1.82) is 0 Å². The first-order chi connectivity index (χ1) is 11.9. The number of hydrogen-bond acceptors (Lipinski definition) is 6. The Hall–Kier alpha value is -3.37. The summed E-state index contributed by atoms with van der Waals surface area (Å²) in [6.07, 6.45) is 0.139. The average molecular weight is 337 g/mol. The number of esters is 1. The molecule has 7 nitrogen and oxygen atoms in total. The third-order valence-electron chi connectivity index (χ3n) is 3.77. The summed E-state index contributed by atoms with van der Waals surface area (Å²) in [6, 6.07) is 10.2. The van der Waals surface area contributed by atoms with Gasteiger partial charge in [0.25, 0.3) is 5.91 Å². The number of anilines is 1. The van der Waals surface area contributed by atoms with Crippen molar-refractivity contribution in [3.63, 3.8) is 0 Å². The molecule has 0 saturated carbocycles. The highest BCUT2D eigenvalue weighted by Gasteiger charge is 2.41. The highest BCUT2D eigenvalue weighted by molar-refractivity contribution is 5.96. The van der Waals surface area contributed by atoms with E-state index < -0.39 is 17.5 Å². The number of rotatable bonds is 2. The molecule has 1 unspecified atom stereocenters. The van der Waals surface area contributed by atoms with Gasteiger partial charge < -0.3 is 21.3 Å². The van der Waals surface area contributed by atoms with Gasteiger partial charge in [-0.25, -0.2) is 9.78 Å². The molecule has 0 spiro atoms. The highest BCUT2D eigenvalue weighted by atomic mass is 16.6. The predicted octanol–water partition coefficient (Wildman–Crippen LogP) is 0.459. The number of benzene rings is 1. The lowest BCUT2D eigenvalue weighted by molar-refractivity contribution is -0.148. The van der Waals surface area contributed by atoms with Crippen LogP contribution in [0.15, 0.2) is 36.4 Å². The number of nitrogens with zero attached hydrogens (tertiary/aromatic N) is 1. The summed E-state index contributed by atoms with van der Waals surface area (Å²) >= 11 is 0. The lowest BCUT2D eigenvalue weighted by Crippen LogP contribution is -2.31. The van der Waals surface area contributed by atoms with Gasteiger partial charge in [-0.1, -0.05) is 24.0 Å². The molecule has 7 heteroatoms. The number of ether oxygens (including phenoxy) is 1. The Bertz CT molecular complexity index is 929. The van der Waals surface area contributed by atoms with Gasteiger partial charge >= 0.3 is 5.97 Å². The number of aliphatic hydroxyl groups is 1. The van der Waals surface area contributed by atoms with Crippen LogP contribution in [0.2, 0.25) is 0 Å². The van der Waals surface area contributed by atoms with Crippen molar-refractivity contribution in [2.45, 2.75) is 12.0 Å². The SMILES string of the molecule is NC(=O)c1nc(-c2cccc(C#CC3(O)CCOC3=O)c2)ccc1N. The number of amides is 1. The van der Waals surface area contributed by atoms with E-state index >= 15 is 0 Å². The molecule has 1 aromatic carbocycles. The van der Waals surface area contributed by atoms with Crippen molar-refractivity contribution < 1.29 is 19.4 Å². The van der Waals surface area contributed by atoms with E-state index in [9.17, 15) is 14.7 Å². The van der Waals surface area contributed by atoms with Crippen molar-refractivity contribution in [2.24, 2.45) is 5.73 Å². The number of nitrogen functional groups attached to an aromatic ring is 1. The average Bonchev–Trinajstić information content (AvgIpc) is 2.93. The number of cyclic esters (lactones) is 1. The van der Waals surface area contributed by atoms with Gasteiger partial charge in [-0.2, -0.15) is 0 Å². The maximum absolute atomic E-state index is 11.5. The molecular formula is C18H15N3O4. The molecule has 1 atom stereocenters. The van der Waals surface area contributed by atoms with Gasteiger partial charge in [0.1, 0.15) is 0 Å². The Morgan fingerprint density at radius 2 is 2.12 bits per heavy atom. The number of aromatic nitrogens is 1. The molecule has 0 bridgehead atoms. The fraction of sp³-hybridized carbons (Fsp3) is 0.167. The molecule has 2 aromatic rings. The lowest BCUT2D eigenvalue weighted by atomic mass is 10.0. The van der Waals surface area contributed by atoms with Crippen LogP contribution in [0.4, 0.5) is 5.69 Å². The first-order valence-corrected chi connectivity index (χ1v) is 7.48. The van der Waals surface area contributed by atoms with Crippen LogP contribution in [0.25, 0.3) is 11.3 Å². The van der Waals surface area contributed by atoms with Gasteiger partial charge in [0, 0.05) is 17.5 Å². The van der Waals surface area contributed by atoms with Crippen LogP contribution >= 0.6 is 0 Å². The standard InChI is InChI=1S/C18H15N3O4/c19-13-4-5-14(21-15(13)16(20)22)12-3-1-2-11(10-12)6-7-18(24)8-9-25-17(18)23/h1-5,10,24H,8-9,19H2,(H2,20,22). The fourth-order valence-corrected chi connectivity index (χ4v) is 2.39. The molecule has 25 heavy (non-hydrogen) atoms. The van der Waals surface area contributed by atoms with E-state index in [-0.39, 0.29) is 24.4 Å². The van der Waals surface area contributed by atoms with Crippen molar-refractivity contribution in [3.8, 4) is 23.1 Å². The van der Waals surface area contributed by atoms with Crippen LogP contribution in [0, 0.1) is 11.8 Å². The van der Waals surface area contributed by atoms with Crippen LogP contribution < -0.4 is 11.5 Å². The van der Waals surface area contributed by atoms with Crippen LogP contribution in [-0.2, 0) is 9.53 Å². The van der Waals surface area contributed by atoms with E-state index in [2.05, 4.69) is 16.8 Å². The second kappa shape index (κ2) is 6.26. The summed E-state index contributed by atoms with van der Waals surface area (Å²) in [6.45, 7) is 0.148. The molecule has 3 rings (SSSR count). The number of nitrogens with two attached hydrogens (primary N) is 2. The molecule has 1 fully saturated rings. The van der Waals surface area contributed by atoms with Gasteiger partial charge in [0.05, 0.1) is 18.0 Å². The highest BCUT2D eigenvalue weighted by Crippen LogP contribution is 2.22. The van der Waals surface area contributed by atoms with Crippen LogP contribution in [0.1, 0.15) is 22.5 Å². The second-order valence-corrected chi connectivity index (χ2v) is 5.58. The zero-order valence-electron chi connectivity index (χ0n) is 13.2. The first kappa shape index (κ1) is 16.5. The summed E-state index contributed by atoms with van der Waals surface area (Å²) in [5.41, 5.74) is 11.1. The fourth-order valence-electron chi connectivity index (χ4n) is 2.39. The van der Waals surface area contributed by atoms with E-state index in [1.807, 2.05) is 0 Å². The third-order valence-corrected chi connectivity index (χ3v) is 3.77. The van der Waals surface area contributed by atoms with Gasteiger partial charge in [0.2, 0.25) is 5.60 Å². The molecule has 0 radical (unpaired) electrons. The van der Waals surface area contributed by atoms with Gasteiger partial charge in [-0.15, -0.1) is 0 Å². The minimum atomic E-state index is -1.77. The molecule has 0 aliphatic carbocycles. The number of hydrogen-bond donors (Lipinski definition) is 3. The maximum atomic E-state index is 11.5. The Labute approximate surface area is 143 Å². The Balaban J connectivity index is 1.94. The number of pyridine rings is 1.